The Morgan fingerprint density at radius 2 is 2.14 bits per heavy atom. The molecule has 1 aromatic carbocycles. The summed E-state index contributed by atoms with van der Waals surface area (Å²) in [6.45, 7) is 7.96. The Kier molecular flexibility index (Phi) is 5.64. The molecule has 0 saturated heterocycles. The lowest BCUT2D eigenvalue weighted by atomic mass is 9.92. The summed E-state index contributed by atoms with van der Waals surface area (Å²) in [5, 5.41) is 3.57. The van der Waals surface area contributed by atoms with Gasteiger partial charge in [0.15, 0.2) is 5.96 Å². The van der Waals surface area contributed by atoms with E-state index in [0.717, 1.165) is 31.9 Å². The van der Waals surface area contributed by atoms with Crippen LogP contribution in [-0.2, 0) is 5.41 Å². The van der Waals surface area contributed by atoms with Crippen molar-refractivity contribution in [1.29, 1.82) is 0 Å². The quantitative estimate of drug-likeness (QED) is 0.361. The summed E-state index contributed by atoms with van der Waals surface area (Å²) in [5.74, 6) is 0.990. The fourth-order valence-electron chi connectivity index (χ4n) is 3.07. The average Bonchev–Trinajstić information content (AvgIpc) is 3.29. The van der Waals surface area contributed by atoms with Crippen molar-refractivity contribution in [2.24, 2.45) is 4.99 Å². The first-order valence-corrected chi connectivity index (χ1v) is 8.22. The third-order valence-corrected chi connectivity index (χ3v) is 4.63. The molecule has 0 spiro atoms. The van der Waals surface area contributed by atoms with Gasteiger partial charge < -0.3 is 10.2 Å². The second kappa shape index (κ2) is 7.48. The molecule has 2 rings (SSSR count). The first kappa shape index (κ1) is 16.6. The smallest absolute Gasteiger partial charge is 0.193 e. The van der Waals surface area contributed by atoms with Gasteiger partial charge in [0.2, 0.25) is 0 Å². The van der Waals surface area contributed by atoms with Gasteiger partial charge in [0.1, 0.15) is 0 Å². The van der Waals surface area contributed by atoms with Gasteiger partial charge in [-0.05, 0) is 43.7 Å². The van der Waals surface area contributed by atoms with Crippen LogP contribution in [0.2, 0.25) is 0 Å². The van der Waals surface area contributed by atoms with Crippen molar-refractivity contribution in [3.63, 3.8) is 0 Å². The lowest BCUT2D eigenvalue weighted by molar-refractivity contribution is 0.464. The van der Waals surface area contributed by atoms with Gasteiger partial charge in [-0.25, -0.2) is 0 Å². The third-order valence-electron chi connectivity index (χ3n) is 4.63. The first-order valence-electron chi connectivity index (χ1n) is 8.22. The summed E-state index contributed by atoms with van der Waals surface area (Å²) >= 11 is 0. The average molecular weight is 299 g/mol. The lowest BCUT2D eigenvalue weighted by Crippen LogP contribution is -2.42. The maximum atomic E-state index is 4.42. The number of nitrogens with zero attached hydrogens (tertiary/aromatic N) is 2. The molecule has 1 aromatic rings. The standard InChI is InChI=1S/C19H29N3/c1-5-6-9-14-22(4)18(20-3)21-15-19(12-13-19)17-11-8-7-10-16(17)2/h5,7-8,10-11H,1,6,9,12-15H2,2-4H3,(H,20,21). The van der Waals surface area contributed by atoms with E-state index in [2.05, 4.69) is 60.0 Å². The van der Waals surface area contributed by atoms with Gasteiger partial charge >= 0.3 is 0 Å². The number of benzene rings is 1. The molecule has 0 radical (unpaired) electrons. The van der Waals surface area contributed by atoms with Crippen LogP contribution < -0.4 is 5.32 Å². The molecular formula is C19H29N3. The van der Waals surface area contributed by atoms with Gasteiger partial charge in [0.25, 0.3) is 0 Å². The van der Waals surface area contributed by atoms with Crippen molar-refractivity contribution in [1.82, 2.24) is 10.2 Å². The molecule has 0 bridgehead atoms. The summed E-state index contributed by atoms with van der Waals surface area (Å²) in [4.78, 5) is 6.63. The molecule has 3 nitrogen and oxygen atoms in total. The fourth-order valence-corrected chi connectivity index (χ4v) is 3.07. The van der Waals surface area contributed by atoms with E-state index >= 15 is 0 Å². The number of nitrogens with one attached hydrogen (secondary N) is 1. The monoisotopic (exact) mass is 299 g/mol. The van der Waals surface area contributed by atoms with Crippen molar-refractivity contribution in [2.45, 2.75) is 38.0 Å². The van der Waals surface area contributed by atoms with Gasteiger partial charge in [-0.2, -0.15) is 0 Å². The molecule has 0 atom stereocenters. The number of hydrogen-bond acceptors (Lipinski definition) is 1. The molecule has 0 unspecified atom stereocenters. The van der Waals surface area contributed by atoms with Crippen LogP contribution in [0.4, 0.5) is 0 Å². The lowest BCUT2D eigenvalue weighted by Gasteiger charge is -2.25. The number of guanidine groups is 1. The molecule has 1 saturated carbocycles. The molecule has 0 aromatic heterocycles. The van der Waals surface area contributed by atoms with E-state index in [-0.39, 0.29) is 0 Å². The molecule has 1 aliphatic rings. The molecule has 1 fully saturated rings. The first-order chi connectivity index (χ1) is 10.6. The largest absolute Gasteiger partial charge is 0.355 e. The number of aliphatic imine (C=N–C) groups is 1. The SMILES string of the molecule is C=CCCCN(C)C(=NC)NCC1(c2ccccc2C)CC1. The van der Waals surface area contributed by atoms with Crippen LogP contribution in [0.5, 0.6) is 0 Å². The van der Waals surface area contributed by atoms with Crippen molar-refractivity contribution >= 4 is 5.96 Å². The van der Waals surface area contributed by atoms with Gasteiger partial charge in [0.05, 0.1) is 0 Å². The highest BCUT2D eigenvalue weighted by Gasteiger charge is 2.44. The third kappa shape index (κ3) is 3.90. The number of allylic oxidation sites excluding steroid dienone is 1. The molecular weight excluding hydrogens is 270 g/mol. The van der Waals surface area contributed by atoms with E-state index in [9.17, 15) is 0 Å². The second-order valence-corrected chi connectivity index (χ2v) is 6.35. The Balaban J connectivity index is 1.93. The van der Waals surface area contributed by atoms with Gasteiger partial charge in [-0.15, -0.1) is 6.58 Å². The van der Waals surface area contributed by atoms with E-state index in [1.54, 1.807) is 0 Å². The van der Waals surface area contributed by atoms with E-state index in [1.165, 1.54) is 24.0 Å². The Morgan fingerprint density at radius 3 is 2.73 bits per heavy atom. The fraction of sp³-hybridized carbons (Fsp3) is 0.526. The minimum Gasteiger partial charge on any atom is -0.355 e. The predicted octanol–water partition coefficient (Wildman–Crippen LogP) is 3.50. The van der Waals surface area contributed by atoms with Crippen molar-refractivity contribution in [2.75, 3.05) is 27.2 Å². The maximum Gasteiger partial charge on any atom is 0.193 e. The van der Waals surface area contributed by atoms with E-state index < -0.39 is 0 Å². The zero-order valence-corrected chi connectivity index (χ0v) is 14.2. The Hall–Kier alpha value is -1.77. The van der Waals surface area contributed by atoms with Crippen LogP contribution in [0.3, 0.4) is 0 Å². The zero-order chi connectivity index (χ0) is 16.0. The van der Waals surface area contributed by atoms with E-state index in [1.807, 2.05) is 13.1 Å². The van der Waals surface area contributed by atoms with Gasteiger partial charge in [-0.1, -0.05) is 30.3 Å². The molecule has 3 heteroatoms. The Bertz CT molecular complexity index is 529. The summed E-state index contributed by atoms with van der Waals surface area (Å²) in [6, 6.07) is 8.76. The number of hydrogen-bond donors (Lipinski definition) is 1. The van der Waals surface area contributed by atoms with Gasteiger partial charge in [-0.3, -0.25) is 4.99 Å². The Morgan fingerprint density at radius 1 is 1.41 bits per heavy atom. The van der Waals surface area contributed by atoms with Crippen LogP contribution >= 0.6 is 0 Å². The zero-order valence-electron chi connectivity index (χ0n) is 14.2. The van der Waals surface area contributed by atoms with Crippen LogP contribution in [0.25, 0.3) is 0 Å². The summed E-state index contributed by atoms with van der Waals surface area (Å²) in [5.41, 5.74) is 3.20. The molecule has 0 amide bonds. The normalized spacial score (nSPS) is 16.2. The molecule has 1 aliphatic carbocycles. The van der Waals surface area contributed by atoms with Crippen molar-refractivity contribution in [3.8, 4) is 0 Å². The molecule has 1 N–H and O–H groups in total. The number of rotatable bonds is 7. The van der Waals surface area contributed by atoms with Crippen LogP contribution in [0, 0.1) is 6.92 Å². The van der Waals surface area contributed by atoms with E-state index in [4.69, 9.17) is 0 Å². The highest BCUT2D eigenvalue weighted by molar-refractivity contribution is 5.79. The highest BCUT2D eigenvalue weighted by Crippen LogP contribution is 2.48. The minimum atomic E-state index is 0.309. The molecule has 120 valence electrons. The minimum absolute atomic E-state index is 0.309. The van der Waals surface area contributed by atoms with E-state index in [0.29, 0.717) is 5.41 Å². The number of aryl methyl sites for hydroxylation is 1. The predicted molar refractivity (Wildman–Crippen MR) is 95.5 cm³/mol. The topological polar surface area (TPSA) is 27.6 Å². The summed E-state index contributed by atoms with van der Waals surface area (Å²) < 4.78 is 0. The maximum absolute atomic E-state index is 4.42. The van der Waals surface area contributed by atoms with Crippen molar-refractivity contribution in [3.05, 3.63) is 48.0 Å². The molecule has 0 heterocycles. The van der Waals surface area contributed by atoms with Gasteiger partial charge in [0, 0.05) is 32.6 Å². The van der Waals surface area contributed by atoms with Crippen LogP contribution in [-0.4, -0.2) is 38.0 Å². The summed E-state index contributed by atoms with van der Waals surface area (Å²) in [6.07, 6.45) is 6.67. The second-order valence-electron chi connectivity index (χ2n) is 6.35. The van der Waals surface area contributed by atoms with Crippen LogP contribution in [0.1, 0.15) is 36.8 Å². The molecule has 22 heavy (non-hydrogen) atoms. The summed E-state index contributed by atoms with van der Waals surface area (Å²) in [7, 11) is 3.96. The van der Waals surface area contributed by atoms with Crippen molar-refractivity contribution < 1.29 is 0 Å². The van der Waals surface area contributed by atoms with Crippen LogP contribution in [0.15, 0.2) is 41.9 Å². The highest BCUT2D eigenvalue weighted by atomic mass is 15.3. The molecule has 0 aliphatic heterocycles. The number of unbranched alkanes of at least 4 members (excludes halogenated alkanes) is 1. The Labute approximate surface area is 135 Å².